The molecule has 0 fully saturated rings. The van der Waals surface area contributed by atoms with Crippen LogP contribution in [0.5, 0.6) is 0 Å². The number of ether oxygens (including phenoxy) is 1. The molecule has 1 amide bonds. The molecule has 0 aliphatic carbocycles. The molecule has 19 heavy (non-hydrogen) atoms. The van der Waals surface area contributed by atoms with E-state index in [1.807, 2.05) is 31.2 Å². The Kier molecular flexibility index (Phi) is 7.16. The van der Waals surface area contributed by atoms with E-state index >= 15 is 0 Å². The number of halogens is 1. The summed E-state index contributed by atoms with van der Waals surface area (Å²) in [6, 6.07) is 7.76. The minimum atomic E-state index is -0.930. The molecule has 0 saturated carbocycles. The molecule has 1 aromatic rings. The van der Waals surface area contributed by atoms with E-state index in [2.05, 4.69) is 10.1 Å². The van der Waals surface area contributed by atoms with Crippen molar-refractivity contribution in [3.63, 3.8) is 0 Å². The first-order valence-electron chi connectivity index (χ1n) is 5.78. The first-order valence-corrected chi connectivity index (χ1v) is 6.16. The maximum absolute atomic E-state index is 10.9. The molecule has 0 unspecified atom stereocenters. The van der Waals surface area contributed by atoms with E-state index in [1.54, 1.807) is 13.8 Å². The summed E-state index contributed by atoms with van der Waals surface area (Å²) in [4.78, 5) is 21.5. The van der Waals surface area contributed by atoms with Crippen LogP contribution in [0.4, 0.5) is 0 Å². The fraction of sp³-hybridized carbons (Fsp3) is 0.429. The number of hydrogen-bond donors (Lipinski definition) is 1. The van der Waals surface area contributed by atoms with Crippen molar-refractivity contribution in [2.24, 2.45) is 0 Å². The first-order chi connectivity index (χ1) is 8.69. The third kappa shape index (κ3) is 7.47. The van der Waals surface area contributed by atoms with Crippen LogP contribution in [0.3, 0.4) is 0 Å². The highest BCUT2D eigenvalue weighted by atomic mass is 35.5. The second-order valence-corrected chi connectivity index (χ2v) is 5.03. The lowest BCUT2D eigenvalue weighted by atomic mass is 10.1. The van der Waals surface area contributed by atoms with Crippen LogP contribution in [-0.2, 0) is 14.3 Å². The first kappa shape index (κ1) is 17.4. The zero-order chi connectivity index (χ0) is 15.1. The maximum atomic E-state index is 10.9. The van der Waals surface area contributed by atoms with Gasteiger partial charge in [0.1, 0.15) is 5.54 Å². The van der Waals surface area contributed by atoms with E-state index in [0.717, 1.165) is 5.02 Å². The van der Waals surface area contributed by atoms with E-state index < -0.39 is 11.5 Å². The monoisotopic (exact) mass is 285 g/mol. The Hall–Kier alpha value is -1.55. The molecule has 1 aromatic carbocycles. The second kappa shape index (κ2) is 7.79. The summed E-state index contributed by atoms with van der Waals surface area (Å²) in [5.74, 6) is -0.701. The van der Waals surface area contributed by atoms with Gasteiger partial charge in [-0.15, -0.1) is 0 Å². The van der Waals surface area contributed by atoms with Crippen LogP contribution in [0.25, 0.3) is 0 Å². The Labute approximate surface area is 119 Å². The summed E-state index contributed by atoms with van der Waals surface area (Å²) in [7, 11) is 1.28. The Morgan fingerprint density at radius 3 is 2.21 bits per heavy atom. The van der Waals surface area contributed by atoms with E-state index in [0.29, 0.717) is 0 Å². The van der Waals surface area contributed by atoms with Crippen LogP contribution >= 0.6 is 11.6 Å². The Morgan fingerprint density at radius 2 is 1.89 bits per heavy atom. The molecule has 0 heterocycles. The molecule has 0 atom stereocenters. The average molecular weight is 286 g/mol. The predicted molar refractivity (Wildman–Crippen MR) is 76.1 cm³/mol. The fourth-order valence-corrected chi connectivity index (χ4v) is 1.60. The van der Waals surface area contributed by atoms with Gasteiger partial charge in [0, 0.05) is 11.9 Å². The van der Waals surface area contributed by atoms with Crippen LogP contribution in [0, 0.1) is 6.92 Å². The van der Waals surface area contributed by atoms with Crippen LogP contribution in [0.2, 0.25) is 5.02 Å². The van der Waals surface area contributed by atoms with Crippen molar-refractivity contribution < 1.29 is 14.3 Å². The number of hydrogen-bond acceptors (Lipinski definition) is 3. The molecular weight excluding hydrogens is 266 g/mol. The van der Waals surface area contributed by atoms with Crippen LogP contribution in [0.1, 0.15) is 26.3 Å². The van der Waals surface area contributed by atoms with Crippen LogP contribution in [0.15, 0.2) is 24.3 Å². The highest BCUT2D eigenvalue weighted by molar-refractivity contribution is 6.30. The molecule has 0 bridgehead atoms. The Morgan fingerprint density at radius 1 is 1.32 bits per heavy atom. The van der Waals surface area contributed by atoms with Gasteiger partial charge in [-0.25, -0.2) is 4.79 Å². The highest BCUT2D eigenvalue weighted by Gasteiger charge is 2.28. The number of rotatable bonds is 2. The van der Waals surface area contributed by atoms with Gasteiger partial charge in [0.15, 0.2) is 0 Å². The quantitative estimate of drug-likeness (QED) is 0.850. The molecule has 0 aliphatic heterocycles. The largest absolute Gasteiger partial charge is 0.467 e. The lowest BCUT2D eigenvalue weighted by Gasteiger charge is -2.21. The van der Waals surface area contributed by atoms with Crippen molar-refractivity contribution >= 4 is 23.5 Å². The van der Waals surface area contributed by atoms with E-state index in [-0.39, 0.29) is 5.91 Å². The molecule has 106 valence electrons. The summed E-state index contributed by atoms with van der Waals surface area (Å²) in [5, 5.41) is 3.27. The van der Waals surface area contributed by atoms with Gasteiger partial charge in [-0.3, -0.25) is 4.79 Å². The summed E-state index contributed by atoms with van der Waals surface area (Å²) >= 11 is 5.64. The number of nitrogens with one attached hydrogen (secondary N) is 1. The van der Waals surface area contributed by atoms with Gasteiger partial charge in [-0.1, -0.05) is 23.7 Å². The minimum Gasteiger partial charge on any atom is -0.467 e. The van der Waals surface area contributed by atoms with Crippen molar-refractivity contribution in [3.05, 3.63) is 34.9 Å². The van der Waals surface area contributed by atoms with Gasteiger partial charge in [0.2, 0.25) is 5.91 Å². The van der Waals surface area contributed by atoms with Crippen LogP contribution < -0.4 is 5.32 Å². The summed E-state index contributed by atoms with van der Waals surface area (Å²) < 4.78 is 4.46. The minimum absolute atomic E-state index is 0.250. The number of aryl methyl sites for hydroxylation is 1. The third-order valence-corrected chi connectivity index (χ3v) is 2.40. The normalized spacial score (nSPS) is 10.0. The molecule has 1 N–H and O–H groups in total. The average Bonchev–Trinajstić information content (AvgIpc) is 2.26. The summed E-state index contributed by atoms with van der Waals surface area (Å²) in [6.45, 7) is 6.54. The van der Waals surface area contributed by atoms with Crippen molar-refractivity contribution in [1.82, 2.24) is 5.32 Å². The van der Waals surface area contributed by atoms with Gasteiger partial charge in [0.05, 0.1) is 7.11 Å². The van der Waals surface area contributed by atoms with Crippen molar-refractivity contribution in [1.29, 1.82) is 0 Å². The topological polar surface area (TPSA) is 55.4 Å². The Balaban J connectivity index is 0.000000356. The SMILES string of the molecule is COC(=O)C(C)(C)NC(C)=O.Cc1cccc(Cl)c1. The lowest BCUT2D eigenvalue weighted by Crippen LogP contribution is -2.49. The number of benzene rings is 1. The summed E-state index contributed by atoms with van der Waals surface area (Å²) in [5.41, 5.74) is 0.276. The number of methoxy groups -OCH3 is 1. The van der Waals surface area contributed by atoms with Gasteiger partial charge in [-0.2, -0.15) is 0 Å². The van der Waals surface area contributed by atoms with Gasteiger partial charge < -0.3 is 10.1 Å². The van der Waals surface area contributed by atoms with Gasteiger partial charge in [-0.05, 0) is 38.5 Å². The Bertz CT molecular complexity index is 427. The van der Waals surface area contributed by atoms with E-state index in [4.69, 9.17) is 11.6 Å². The standard InChI is InChI=1S/C7H7Cl.C7H13NO3/c1-6-3-2-4-7(8)5-6;1-5(9)8-7(2,3)6(10)11-4/h2-5H,1H3;1-4H3,(H,8,9). The van der Waals surface area contributed by atoms with Gasteiger partial charge >= 0.3 is 5.97 Å². The number of amides is 1. The zero-order valence-corrected chi connectivity index (χ0v) is 12.7. The predicted octanol–water partition coefficient (Wildman–Crippen LogP) is 2.72. The summed E-state index contributed by atoms with van der Waals surface area (Å²) in [6.07, 6.45) is 0. The second-order valence-electron chi connectivity index (χ2n) is 4.60. The van der Waals surface area contributed by atoms with E-state index in [1.165, 1.54) is 19.6 Å². The molecule has 1 rings (SSSR count). The molecule has 0 saturated heterocycles. The highest BCUT2D eigenvalue weighted by Crippen LogP contribution is 2.08. The molecule has 4 nitrogen and oxygen atoms in total. The van der Waals surface area contributed by atoms with Crippen LogP contribution in [-0.4, -0.2) is 24.5 Å². The molecular formula is C14H20ClNO3. The molecule has 5 heteroatoms. The van der Waals surface area contributed by atoms with E-state index in [9.17, 15) is 9.59 Å². The number of carbonyl (C=O) groups is 2. The van der Waals surface area contributed by atoms with Crippen molar-refractivity contribution in [3.8, 4) is 0 Å². The smallest absolute Gasteiger partial charge is 0.330 e. The lowest BCUT2D eigenvalue weighted by molar-refractivity contribution is -0.149. The van der Waals surface area contributed by atoms with Gasteiger partial charge in [0.25, 0.3) is 0 Å². The van der Waals surface area contributed by atoms with Crippen molar-refractivity contribution in [2.45, 2.75) is 33.2 Å². The molecule has 0 aliphatic rings. The molecule has 0 spiro atoms. The number of esters is 1. The zero-order valence-electron chi connectivity index (χ0n) is 11.9. The molecule has 0 aromatic heterocycles. The third-order valence-electron chi connectivity index (χ3n) is 2.16. The maximum Gasteiger partial charge on any atom is 0.330 e. The fourth-order valence-electron chi connectivity index (χ4n) is 1.35. The number of carbonyl (C=O) groups excluding carboxylic acids is 2. The molecule has 0 radical (unpaired) electrons. The van der Waals surface area contributed by atoms with Crippen molar-refractivity contribution in [2.75, 3.05) is 7.11 Å².